The molecule has 1 amide bonds. The van der Waals surface area contributed by atoms with E-state index < -0.39 is 24.2 Å². The van der Waals surface area contributed by atoms with E-state index in [0.717, 1.165) is 25.3 Å². The number of para-hydroxylation sites is 1. The maximum absolute atomic E-state index is 13.2. The first-order valence-corrected chi connectivity index (χ1v) is 8.19. The molecule has 0 aromatic heterocycles. The number of piperidine rings is 1. The minimum absolute atomic E-state index is 0.0732. The molecule has 0 aliphatic carbocycles. The smallest absolute Gasteiger partial charge is 0.427 e. The van der Waals surface area contributed by atoms with Gasteiger partial charge in [-0.05, 0) is 43.7 Å². The summed E-state index contributed by atoms with van der Waals surface area (Å²) in [5, 5.41) is 8.91. The van der Waals surface area contributed by atoms with Gasteiger partial charge in [-0.25, -0.2) is 0 Å². The van der Waals surface area contributed by atoms with E-state index >= 15 is 0 Å². The molecule has 1 aromatic rings. The molecule has 8 heteroatoms. The Morgan fingerprint density at radius 1 is 1.36 bits per heavy atom. The van der Waals surface area contributed by atoms with Crippen LogP contribution < -0.4 is 4.74 Å². The number of ether oxygens (including phenoxy) is 1. The summed E-state index contributed by atoms with van der Waals surface area (Å²) in [4.78, 5) is 14.2. The number of hydrogen-bond donors (Lipinski definition) is 1. The van der Waals surface area contributed by atoms with Gasteiger partial charge < -0.3 is 14.7 Å². The van der Waals surface area contributed by atoms with Gasteiger partial charge in [0.25, 0.3) is 5.91 Å². The van der Waals surface area contributed by atoms with E-state index in [9.17, 15) is 22.4 Å². The van der Waals surface area contributed by atoms with Crippen molar-refractivity contribution in [2.45, 2.75) is 38.2 Å². The molecular formula is C17H21F4NO3. The van der Waals surface area contributed by atoms with Crippen LogP contribution in [0.5, 0.6) is 5.75 Å². The van der Waals surface area contributed by atoms with Gasteiger partial charge in [0.15, 0.2) is 0 Å². The highest BCUT2D eigenvalue weighted by molar-refractivity contribution is 5.97. The zero-order chi connectivity index (χ0) is 18.4. The second-order valence-electron chi connectivity index (χ2n) is 6.09. The number of carbonyl (C=O) groups excluding carboxylic acids is 1. The third-order valence-electron chi connectivity index (χ3n) is 4.19. The molecule has 1 N–H and O–H groups in total. The monoisotopic (exact) mass is 363 g/mol. The first kappa shape index (κ1) is 19.5. The minimum Gasteiger partial charge on any atom is -0.427 e. The number of rotatable bonds is 7. The average Bonchev–Trinajstić information content (AvgIpc) is 2.59. The number of alkyl halides is 4. The number of nitrogens with zero attached hydrogens (tertiary/aromatic N) is 1. The lowest BCUT2D eigenvalue weighted by Crippen LogP contribution is -2.40. The van der Waals surface area contributed by atoms with Crippen LogP contribution in [0.3, 0.4) is 0 Å². The van der Waals surface area contributed by atoms with Crippen LogP contribution in [0.2, 0.25) is 0 Å². The first-order valence-electron chi connectivity index (χ1n) is 8.19. The number of likely N-dealkylation sites (tertiary alicyclic amines) is 1. The highest BCUT2D eigenvalue weighted by atomic mass is 19.3. The lowest BCUT2D eigenvalue weighted by Gasteiger charge is -2.33. The standard InChI is InChI=1S/C17H21F4NO3/c18-16(19)17(20,21)25-14-8-2-1-7-13(14)15(24)22-9-3-5-12(11-22)6-4-10-23/h1-2,7-8,12,16,23H,3-6,9-11H2/t12-/m0/s1. The highest BCUT2D eigenvalue weighted by Crippen LogP contribution is 2.31. The second-order valence-corrected chi connectivity index (χ2v) is 6.09. The van der Waals surface area contributed by atoms with Crippen LogP contribution in [0.1, 0.15) is 36.0 Å². The largest absolute Gasteiger partial charge is 0.461 e. The van der Waals surface area contributed by atoms with Crippen LogP contribution in [0.4, 0.5) is 17.6 Å². The number of halogens is 4. The fourth-order valence-corrected chi connectivity index (χ4v) is 2.96. The van der Waals surface area contributed by atoms with Gasteiger partial charge in [-0.3, -0.25) is 4.79 Å². The Morgan fingerprint density at radius 3 is 2.76 bits per heavy atom. The molecule has 0 saturated carbocycles. The molecule has 0 bridgehead atoms. The predicted molar refractivity (Wildman–Crippen MR) is 83.0 cm³/mol. The Hall–Kier alpha value is -1.83. The van der Waals surface area contributed by atoms with Crippen molar-refractivity contribution in [1.29, 1.82) is 0 Å². The van der Waals surface area contributed by atoms with Crippen molar-refractivity contribution < 1.29 is 32.2 Å². The molecule has 1 saturated heterocycles. The molecule has 1 aliphatic rings. The lowest BCUT2D eigenvalue weighted by atomic mass is 9.93. The van der Waals surface area contributed by atoms with Gasteiger partial charge in [0.05, 0.1) is 5.56 Å². The molecular weight excluding hydrogens is 342 g/mol. The van der Waals surface area contributed by atoms with Gasteiger partial charge in [0.2, 0.25) is 0 Å². The van der Waals surface area contributed by atoms with Gasteiger partial charge >= 0.3 is 12.5 Å². The number of aliphatic hydroxyl groups is 1. The lowest BCUT2D eigenvalue weighted by molar-refractivity contribution is -0.253. The van der Waals surface area contributed by atoms with Gasteiger partial charge in [-0.15, -0.1) is 0 Å². The van der Waals surface area contributed by atoms with Crippen LogP contribution >= 0.6 is 0 Å². The normalized spacial score (nSPS) is 18.5. The van der Waals surface area contributed by atoms with Crippen molar-refractivity contribution in [2.75, 3.05) is 19.7 Å². The van der Waals surface area contributed by atoms with E-state index in [0.29, 0.717) is 19.5 Å². The molecule has 1 fully saturated rings. The number of amides is 1. The minimum atomic E-state index is -4.66. The molecule has 140 valence electrons. The second kappa shape index (κ2) is 8.51. The van der Waals surface area contributed by atoms with Crippen molar-refractivity contribution in [1.82, 2.24) is 4.90 Å². The fourth-order valence-electron chi connectivity index (χ4n) is 2.96. The van der Waals surface area contributed by atoms with E-state index in [-0.39, 0.29) is 18.1 Å². The summed E-state index contributed by atoms with van der Waals surface area (Å²) in [6.07, 6.45) is -5.58. The summed E-state index contributed by atoms with van der Waals surface area (Å²) >= 11 is 0. The number of carbonyl (C=O) groups is 1. The van der Waals surface area contributed by atoms with E-state index in [1.807, 2.05) is 0 Å². The summed E-state index contributed by atoms with van der Waals surface area (Å²) < 4.78 is 55.3. The Kier molecular flexibility index (Phi) is 6.64. The van der Waals surface area contributed by atoms with Gasteiger partial charge in [-0.1, -0.05) is 12.1 Å². The van der Waals surface area contributed by atoms with Crippen molar-refractivity contribution in [3.63, 3.8) is 0 Å². The van der Waals surface area contributed by atoms with Crippen LogP contribution in [-0.4, -0.2) is 48.1 Å². The Balaban J connectivity index is 2.14. The average molecular weight is 363 g/mol. The molecule has 2 rings (SSSR count). The zero-order valence-corrected chi connectivity index (χ0v) is 13.6. The third kappa shape index (κ3) is 5.07. The molecule has 0 spiro atoms. The zero-order valence-electron chi connectivity index (χ0n) is 13.6. The number of aliphatic hydroxyl groups excluding tert-OH is 1. The summed E-state index contributed by atoms with van der Waals surface area (Å²) in [5.41, 5.74) is -0.161. The molecule has 1 aliphatic heterocycles. The van der Waals surface area contributed by atoms with Gasteiger partial charge in [-0.2, -0.15) is 17.6 Å². The summed E-state index contributed by atoms with van der Waals surface area (Å²) in [5.74, 6) is -0.856. The highest BCUT2D eigenvalue weighted by Gasteiger charge is 2.44. The molecule has 0 radical (unpaired) electrons. The van der Waals surface area contributed by atoms with Crippen molar-refractivity contribution in [2.24, 2.45) is 5.92 Å². The maximum Gasteiger partial charge on any atom is 0.461 e. The van der Waals surface area contributed by atoms with Crippen LogP contribution in [-0.2, 0) is 0 Å². The molecule has 1 aromatic carbocycles. The van der Waals surface area contributed by atoms with E-state index in [2.05, 4.69) is 4.74 Å². The van der Waals surface area contributed by atoms with Crippen molar-refractivity contribution in [3.8, 4) is 5.75 Å². The van der Waals surface area contributed by atoms with Crippen LogP contribution in [0.25, 0.3) is 0 Å². The quantitative estimate of drug-likeness (QED) is 0.754. The van der Waals surface area contributed by atoms with Crippen molar-refractivity contribution in [3.05, 3.63) is 29.8 Å². The third-order valence-corrected chi connectivity index (χ3v) is 4.19. The molecule has 4 nitrogen and oxygen atoms in total. The van der Waals surface area contributed by atoms with E-state index in [4.69, 9.17) is 5.11 Å². The Morgan fingerprint density at radius 2 is 2.08 bits per heavy atom. The SMILES string of the molecule is O=C(c1ccccc1OC(F)(F)C(F)F)N1CCC[C@@H](CCCO)C1. The van der Waals surface area contributed by atoms with Crippen molar-refractivity contribution >= 4 is 5.91 Å². The maximum atomic E-state index is 13.2. The van der Waals surface area contributed by atoms with Crippen LogP contribution in [0, 0.1) is 5.92 Å². The molecule has 25 heavy (non-hydrogen) atoms. The summed E-state index contributed by atoms with van der Waals surface area (Å²) in [6, 6.07) is 5.18. The predicted octanol–water partition coefficient (Wildman–Crippen LogP) is 3.55. The molecule has 1 heterocycles. The fraction of sp³-hybridized carbons (Fsp3) is 0.588. The number of hydrogen-bond acceptors (Lipinski definition) is 3. The topological polar surface area (TPSA) is 49.8 Å². The Bertz CT molecular complexity index is 583. The summed E-state index contributed by atoms with van der Waals surface area (Å²) in [6.45, 7) is 0.982. The number of benzene rings is 1. The summed E-state index contributed by atoms with van der Waals surface area (Å²) in [7, 11) is 0. The van der Waals surface area contributed by atoms with Gasteiger partial charge in [0.1, 0.15) is 5.75 Å². The molecule has 0 unspecified atom stereocenters. The van der Waals surface area contributed by atoms with Gasteiger partial charge in [0, 0.05) is 19.7 Å². The van der Waals surface area contributed by atoms with Crippen LogP contribution in [0.15, 0.2) is 24.3 Å². The van der Waals surface area contributed by atoms with E-state index in [1.54, 1.807) is 0 Å². The van der Waals surface area contributed by atoms with E-state index in [1.165, 1.54) is 23.1 Å². The Labute approximate surface area is 143 Å². The first-order chi connectivity index (χ1) is 11.8. The molecule has 1 atom stereocenters.